The van der Waals surface area contributed by atoms with E-state index < -0.39 is 17.7 Å². The van der Waals surface area contributed by atoms with Crippen LogP contribution in [0.4, 0.5) is 18.9 Å². The van der Waals surface area contributed by atoms with Crippen molar-refractivity contribution >= 4 is 17.5 Å². The van der Waals surface area contributed by atoms with Crippen molar-refractivity contribution in [3.8, 4) is 17.2 Å². The van der Waals surface area contributed by atoms with Crippen molar-refractivity contribution in [2.45, 2.75) is 12.6 Å². The van der Waals surface area contributed by atoms with Gasteiger partial charge in [-0.2, -0.15) is 13.2 Å². The van der Waals surface area contributed by atoms with Gasteiger partial charge >= 0.3 is 6.18 Å². The Balaban J connectivity index is 1.51. The molecule has 1 aliphatic heterocycles. The van der Waals surface area contributed by atoms with E-state index in [4.69, 9.17) is 14.2 Å². The Morgan fingerprint density at radius 2 is 1.88 bits per heavy atom. The summed E-state index contributed by atoms with van der Waals surface area (Å²) in [5.41, 5.74) is -0.213. The summed E-state index contributed by atoms with van der Waals surface area (Å²) in [6, 6.07) is 9.58. The number of hydrogen-bond acceptors (Lipinski definition) is 5. The summed E-state index contributed by atoms with van der Waals surface area (Å²) in [5.74, 6) is -0.0177. The molecular formula is C22H23F3N2O5. The maximum Gasteiger partial charge on any atom is 0.416 e. The second kappa shape index (κ2) is 9.80. The van der Waals surface area contributed by atoms with Crippen LogP contribution in [0.2, 0.25) is 0 Å². The van der Waals surface area contributed by atoms with E-state index in [1.165, 1.54) is 31.3 Å². The number of methoxy groups -OCH3 is 2. The molecule has 1 N–H and O–H groups in total. The number of ether oxygens (including phenoxy) is 3. The smallest absolute Gasteiger partial charge is 0.416 e. The third kappa shape index (κ3) is 5.43. The molecule has 0 aliphatic carbocycles. The molecule has 1 atom stereocenters. The van der Waals surface area contributed by atoms with E-state index in [1.807, 2.05) is 0 Å². The number of carbonyl (C=O) groups excluding carboxylic acids is 2. The molecule has 2 amide bonds. The molecule has 1 heterocycles. The highest BCUT2D eigenvalue weighted by molar-refractivity contribution is 6.00. The minimum Gasteiger partial charge on any atom is -0.493 e. The van der Waals surface area contributed by atoms with Gasteiger partial charge in [-0.05, 0) is 30.3 Å². The number of nitrogens with zero attached hydrogens (tertiary/aromatic N) is 1. The standard InChI is InChI=1S/C22H23F3N2O5/c1-30-18-7-6-16(12-19(18)31-2)27-13-14(10-20(27)28)21(29)26-8-9-32-17-5-3-4-15(11-17)22(23,24)25/h3-7,11-12,14H,8-10,13H2,1-2H3,(H,26,29). The average molecular weight is 452 g/mol. The molecule has 7 nitrogen and oxygen atoms in total. The van der Waals surface area contributed by atoms with E-state index in [-0.39, 0.29) is 43.7 Å². The number of hydrogen-bond donors (Lipinski definition) is 1. The van der Waals surface area contributed by atoms with Crippen LogP contribution in [0.1, 0.15) is 12.0 Å². The largest absolute Gasteiger partial charge is 0.493 e. The highest BCUT2D eigenvalue weighted by Crippen LogP contribution is 2.34. The number of anilines is 1. The van der Waals surface area contributed by atoms with Gasteiger partial charge in [0.15, 0.2) is 11.5 Å². The van der Waals surface area contributed by atoms with Gasteiger partial charge in [-0.15, -0.1) is 0 Å². The normalized spacial score (nSPS) is 16.1. The lowest BCUT2D eigenvalue weighted by Crippen LogP contribution is -2.35. The minimum atomic E-state index is -4.46. The Bertz CT molecular complexity index is 980. The molecule has 1 fully saturated rings. The molecule has 2 aromatic carbocycles. The van der Waals surface area contributed by atoms with Gasteiger partial charge in [0.2, 0.25) is 11.8 Å². The van der Waals surface area contributed by atoms with Crippen molar-refractivity contribution in [1.29, 1.82) is 0 Å². The monoisotopic (exact) mass is 452 g/mol. The van der Waals surface area contributed by atoms with E-state index in [9.17, 15) is 22.8 Å². The third-order valence-electron chi connectivity index (χ3n) is 5.01. The van der Waals surface area contributed by atoms with Crippen molar-refractivity contribution in [3.63, 3.8) is 0 Å². The SMILES string of the molecule is COc1ccc(N2CC(C(=O)NCCOc3cccc(C(F)(F)F)c3)CC2=O)cc1OC. The van der Waals surface area contributed by atoms with E-state index in [1.54, 1.807) is 18.2 Å². The highest BCUT2D eigenvalue weighted by atomic mass is 19.4. The van der Waals surface area contributed by atoms with Crippen molar-refractivity contribution in [1.82, 2.24) is 5.32 Å². The fraction of sp³-hybridized carbons (Fsp3) is 0.364. The number of halogens is 3. The lowest BCUT2D eigenvalue weighted by Gasteiger charge is -2.18. The summed E-state index contributed by atoms with van der Waals surface area (Å²) in [4.78, 5) is 26.4. The topological polar surface area (TPSA) is 77.1 Å². The fourth-order valence-electron chi connectivity index (χ4n) is 3.38. The molecule has 1 unspecified atom stereocenters. The second-order valence-corrected chi connectivity index (χ2v) is 7.11. The Morgan fingerprint density at radius 1 is 1.12 bits per heavy atom. The predicted octanol–water partition coefficient (Wildman–Crippen LogP) is 3.27. The molecule has 1 saturated heterocycles. The van der Waals surface area contributed by atoms with Gasteiger partial charge in [0.1, 0.15) is 12.4 Å². The Hall–Kier alpha value is -3.43. The molecule has 0 bridgehead atoms. The van der Waals surface area contributed by atoms with Crippen molar-refractivity contribution in [3.05, 3.63) is 48.0 Å². The van der Waals surface area contributed by atoms with E-state index >= 15 is 0 Å². The Labute approximate surface area is 183 Å². The zero-order valence-electron chi connectivity index (χ0n) is 17.6. The summed E-state index contributed by atoms with van der Waals surface area (Å²) in [6.07, 6.45) is -4.41. The molecule has 10 heteroatoms. The summed E-state index contributed by atoms with van der Waals surface area (Å²) in [5, 5.41) is 2.66. The Morgan fingerprint density at radius 3 is 2.56 bits per heavy atom. The molecule has 1 aliphatic rings. The van der Waals surface area contributed by atoms with Gasteiger partial charge < -0.3 is 24.4 Å². The van der Waals surface area contributed by atoms with Crippen LogP contribution in [0.5, 0.6) is 17.2 Å². The predicted molar refractivity (Wildman–Crippen MR) is 110 cm³/mol. The first-order valence-electron chi connectivity index (χ1n) is 9.83. The first kappa shape index (κ1) is 23.2. The number of nitrogens with one attached hydrogen (secondary N) is 1. The third-order valence-corrected chi connectivity index (χ3v) is 5.01. The molecule has 32 heavy (non-hydrogen) atoms. The average Bonchev–Trinajstić information content (AvgIpc) is 3.17. The lowest BCUT2D eigenvalue weighted by molar-refractivity contribution is -0.137. The van der Waals surface area contributed by atoms with Gasteiger partial charge in [0.05, 0.1) is 32.2 Å². The van der Waals surface area contributed by atoms with E-state index in [2.05, 4.69) is 5.32 Å². The van der Waals surface area contributed by atoms with Gasteiger partial charge in [-0.3, -0.25) is 9.59 Å². The number of carbonyl (C=O) groups is 2. The number of benzene rings is 2. The van der Waals surface area contributed by atoms with Crippen LogP contribution >= 0.6 is 0 Å². The van der Waals surface area contributed by atoms with Crippen molar-refractivity contribution in [2.24, 2.45) is 5.92 Å². The first-order valence-corrected chi connectivity index (χ1v) is 9.83. The fourth-order valence-corrected chi connectivity index (χ4v) is 3.38. The highest BCUT2D eigenvalue weighted by Gasteiger charge is 2.35. The maximum atomic E-state index is 12.7. The Kier molecular flexibility index (Phi) is 7.12. The zero-order chi connectivity index (χ0) is 23.3. The molecule has 0 aromatic heterocycles. The maximum absolute atomic E-state index is 12.7. The first-order chi connectivity index (χ1) is 15.2. The second-order valence-electron chi connectivity index (χ2n) is 7.11. The van der Waals surface area contributed by atoms with Crippen LogP contribution in [0, 0.1) is 5.92 Å². The number of rotatable bonds is 8. The summed E-state index contributed by atoms with van der Waals surface area (Å²) in [7, 11) is 3.00. The van der Waals surface area contributed by atoms with Crippen LogP contribution in [0.15, 0.2) is 42.5 Å². The summed E-state index contributed by atoms with van der Waals surface area (Å²) < 4.78 is 54.0. The van der Waals surface area contributed by atoms with Crippen LogP contribution in [-0.4, -0.2) is 45.7 Å². The van der Waals surface area contributed by atoms with E-state index in [0.29, 0.717) is 17.2 Å². The molecule has 0 saturated carbocycles. The van der Waals surface area contributed by atoms with Crippen molar-refractivity contribution < 1.29 is 37.0 Å². The number of amides is 2. The van der Waals surface area contributed by atoms with E-state index in [0.717, 1.165) is 12.1 Å². The lowest BCUT2D eigenvalue weighted by atomic mass is 10.1. The van der Waals surface area contributed by atoms with Crippen LogP contribution in [0.3, 0.4) is 0 Å². The minimum absolute atomic E-state index is 0.00684. The zero-order valence-corrected chi connectivity index (χ0v) is 17.6. The quantitative estimate of drug-likeness (QED) is 0.623. The van der Waals surface area contributed by atoms with Gasteiger partial charge in [0, 0.05) is 24.7 Å². The van der Waals surface area contributed by atoms with Crippen LogP contribution < -0.4 is 24.4 Å². The van der Waals surface area contributed by atoms with Crippen molar-refractivity contribution in [2.75, 3.05) is 38.8 Å². The van der Waals surface area contributed by atoms with Crippen LogP contribution in [0.25, 0.3) is 0 Å². The molecule has 2 aromatic rings. The van der Waals surface area contributed by atoms with Gasteiger partial charge in [-0.1, -0.05) is 6.07 Å². The summed E-state index contributed by atoms with van der Waals surface area (Å²) in [6.45, 7) is 0.290. The molecule has 0 spiro atoms. The molecule has 3 rings (SSSR count). The van der Waals surface area contributed by atoms with Gasteiger partial charge in [-0.25, -0.2) is 0 Å². The van der Waals surface area contributed by atoms with Crippen LogP contribution in [-0.2, 0) is 15.8 Å². The summed E-state index contributed by atoms with van der Waals surface area (Å²) >= 11 is 0. The molecular weight excluding hydrogens is 429 g/mol. The van der Waals surface area contributed by atoms with Gasteiger partial charge in [0.25, 0.3) is 0 Å². The molecule has 172 valence electrons. The number of alkyl halides is 3. The molecule has 0 radical (unpaired) electrons.